The van der Waals surface area contributed by atoms with Gasteiger partial charge in [0, 0.05) is 21.1 Å². The van der Waals surface area contributed by atoms with Crippen molar-refractivity contribution in [2.75, 3.05) is 0 Å². The van der Waals surface area contributed by atoms with Crippen molar-refractivity contribution < 1.29 is 84.5 Å². The molecule has 0 aromatic heterocycles. The molecule has 0 heterocycles. The van der Waals surface area contributed by atoms with E-state index in [2.05, 4.69) is 0 Å². The molecule has 0 N–H and O–H groups in total. The van der Waals surface area contributed by atoms with Gasteiger partial charge in [0.15, 0.2) is 0 Å². The van der Waals surface area contributed by atoms with Crippen LogP contribution in [-0.2, 0) is 55.1 Å². The number of hydrogen-bond donors (Lipinski definition) is 0. The first-order chi connectivity index (χ1) is 4.00. The van der Waals surface area contributed by atoms with Crippen LogP contribution >= 0.6 is 15.6 Å². The zero-order valence-corrected chi connectivity index (χ0v) is 12.4. The molecule has 0 radical (unpaired) electrons. The molecule has 0 fully saturated rings. The second kappa shape index (κ2) is 11.6. The van der Waals surface area contributed by atoms with Crippen molar-refractivity contribution in [1.29, 1.82) is 0 Å². The van der Waals surface area contributed by atoms with Gasteiger partial charge in [-0.15, -0.1) is 0 Å². The Morgan fingerprint density at radius 2 is 0.692 bits per heavy atom. The summed E-state index contributed by atoms with van der Waals surface area (Å²) in [6.07, 6.45) is 0. The molecule has 0 aromatic carbocycles. The van der Waals surface area contributed by atoms with Gasteiger partial charge in [0.05, 0.1) is 0 Å². The van der Waals surface area contributed by atoms with Crippen molar-refractivity contribution in [1.82, 2.24) is 0 Å². The Kier molecular flexibility index (Phi) is 26.0. The molecule has 13 heavy (non-hydrogen) atoms. The van der Waals surface area contributed by atoms with E-state index in [4.69, 9.17) is 38.5 Å². The Bertz CT molecular complexity index is 130. The van der Waals surface area contributed by atoms with E-state index in [0.717, 1.165) is 0 Å². The minimum Gasteiger partial charge on any atom is -2.00 e. The van der Waals surface area contributed by atoms with Crippen LogP contribution in [0.3, 0.4) is 0 Å². The third kappa shape index (κ3) is 801. The van der Waals surface area contributed by atoms with E-state index in [9.17, 15) is 0 Å². The van der Waals surface area contributed by atoms with Crippen LogP contribution < -0.4 is 29.4 Å². The fourth-order valence-electron chi connectivity index (χ4n) is 0. The second-order valence-electron chi connectivity index (χ2n) is 0.894. The number of phosphoric acid groups is 2. The standard InChI is InChI=1S/Mo.2H3O4P.O.Zn/c;2*1-5(2,3)4;;/h;2*(H3,1,2,3,4);;/q;;;-2;+2/p-6. The molecule has 0 bridgehead atoms. The van der Waals surface area contributed by atoms with E-state index < -0.39 is 15.6 Å². The third-order valence-electron chi connectivity index (χ3n) is 0. The van der Waals surface area contributed by atoms with Gasteiger partial charge in [-0.05, 0) is 0 Å². The Labute approximate surface area is 100.0 Å². The summed E-state index contributed by atoms with van der Waals surface area (Å²) >= 11 is 0. The summed E-state index contributed by atoms with van der Waals surface area (Å²) in [7, 11) is -10.8. The van der Waals surface area contributed by atoms with Gasteiger partial charge >= 0.3 is 19.5 Å². The summed E-state index contributed by atoms with van der Waals surface area (Å²) < 4.78 is 17.1. The van der Waals surface area contributed by atoms with Gasteiger partial charge in [-0.1, -0.05) is 0 Å². The average Bonchev–Trinajstić information content (AvgIpc) is 1.12. The predicted molar refractivity (Wildman–Crippen MR) is 15.9 cm³/mol. The monoisotopic (exact) mass is 368 g/mol. The van der Waals surface area contributed by atoms with Crippen molar-refractivity contribution in [2.45, 2.75) is 0 Å². The molecule has 0 aromatic rings. The van der Waals surface area contributed by atoms with Gasteiger partial charge in [0.1, 0.15) is 0 Å². The molecule has 0 aliphatic heterocycles. The molecule has 0 unspecified atom stereocenters. The number of hydrogen-bond acceptors (Lipinski definition) is 8. The molecule has 78 valence electrons. The van der Waals surface area contributed by atoms with Crippen molar-refractivity contribution in [3.63, 3.8) is 0 Å². The maximum Gasteiger partial charge on any atom is 2.00 e. The molecule has 0 rings (SSSR count). The number of rotatable bonds is 0. The molecule has 0 saturated heterocycles. The minimum absolute atomic E-state index is 0. The maximum atomic E-state index is 8.55. The quantitative estimate of drug-likeness (QED) is 0.297. The van der Waals surface area contributed by atoms with E-state index in [1.54, 1.807) is 0 Å². The summed E-state index contributed by atoms with van der Waals surface area (Å²) in [6, 6.07) is 0. The Balaban J connectivity index is -0.0000000267. The molecule has 0 spiro atoms. The summed E-state index contributed by atoms with van der Waals surface area (Å²) in [5.41, 5.74) is 0. The zero-order valence-electron chi connectivity index (χ0n) is 5.68. The zero-order chi connectivity index (χ0) is 9.00. The first-order valence-electron chi connectivity index (χ1n) is 1.46. The summed E-state index contributed by atoms with van der Waals surface area (Å²) in [4.78, 5) is 51.3. The van der Waals surface area contributed by atoms with E-state index in [1.165, 1.54) is 0 Å². The van der Waals surface area contributed by atoms with Gasteiger partial charge in [0.2, 0.25) is 0 Å². The van der Waals surface area contributed by atoms with Crippen LogP contribution in [0.5, 0.6) is 0 Å². The van der Waals surface area contributed by atoms with E-state index in [1.807, 2.05) is 0 Å². The molecule has 0 amide bonds. The molecular weight excluding hydrogens is 367 g/mol. The SMILES string of the molecule is O=P([O-])([O-])[O-].O=P([O-])([O-])[O-].[Mo].[O-2].[Zn+2]. The van der Waals surface area contributed by atoms with Crippen LogP contribution in [0.2, 0.25) is 0 Å². The smallest absolute Gasteiger partial charge is 2.00 e. The molecule has 13 heteroatoms. The Hall–Kier alpha value is 1.49. The normalized spacial score (nSPS) is 9.08. The van der Waals surface area contributed by atoms with Crippen LogP contribution in [0.4, 0.5) is 0 Å². The molecule has 0 atom stereocenters. The molecule has 9 nitrogen and oxygen atoms in total. The summed E-state index contributed by atoms with van der Waals surface area (Å²) in [5, 5.41) is 0. The molecular formula is MoO9P2Zn-6. The van der Waals surface area contributed by atoms with Gasteiger partial charge in [-0.2, -0.15) is 15.6 Å². The van der Waals surface area contributed by atoms with Crippen LogP contribution in [0.15, 0.2) is 0 Å². The first-order valence-corrected chi connectivity index (χ1v) is 4.38. The topological polar surface area (TPSA) is 201 Å². The van der Waals surface area contributed by atoms with Gasteiger partial charge < -0.3 is 44.0 Å². The van der Waals surface area contributed by atoms with Crippen LogP contribution in [0.1, 0.15) is 0 Å². The predicted octanol–water partition coefficient (Wildman–Crippen LogP) is -5.77. The summed E-state index contributed by atoms with van der Waals surface area (Å²) in [6.45, 7) is 0. The fraction of sp³-hybridized carbons (Fsp3) is 0. The van der Waals surface area contributed by atoms with Gasteiger partial charge in [-0.3, -0.25) is 0 Å². The minimum atomic E-state index is -5.39. The molecule has 0 aliphatic carbocycles. The Morgan fingerprint density at radius 1 is 0.692 bits per heavy atom. The van der Waals surface area contributed by atoms with Crippen molar-refractivity contribution >= 4 is 15.6 Å². The van der Waals surface area contributed by atoms with Crippen molar-refractivity contribution in [2.24, 2.45) is 0 Å². The molecule has 0 aliphatic rings. The average molecular weight is 367 g/mol. The van der Waals surface area contributed by atoms with Crippen molar-refractivity contribution in [3.05, 3.63) is 0 Å². The molecule has 0 saturated carbocycles. The second-order valence-corrected chi connectivity index (χ2v) is 2.68. The summed E-state index contributed by atoms with van der Waals surface area (Å²) in [5.74, 6) is 0. The maximum absolute atomic E-state index is 8.55. The fourth-order valence-corrected chi connectivity index (χ4v) is 0. The largest absolute Gasteiger partial charge is 2.00 e. The van der Waals surface area contributed by atoms with Crippen molar-refractivity contribution in [3.8, 4) is 0 Å². The van der Waals surface area contributed by atoms with E-state index >= 15 is 0 Å². The first kappa shape index (κ1) is 29.3. The third-order valence-corrected chi connectivity index (χ3v) is 0. The van der Waals surface area contributed by atoms with Crippen LogP contribution in [-0.4, -0.2) is 0 Å². The Morgan fingerprint density at radius 3 is 0.692 bits per heavy atom. The van der Waals surface area contributed by atoms with Gasteiger partial charge in [0.25, 0.3) is 0 Å². The van der Waals surface area contributed by atoms with E-state index in [0.29, 0.717) is 0 Å². The van der Waals surface area contributed by atoms with Crippen LogP contribution in [0, 0.1) is 0 Å². The van der Waals surface area contributed by atoms with E-state index in [-0.39, 0.29) is 46.0 Å². The van der Waals surface area contributed by atoms with Crippen LogP contribution in [0.25, 0.3) is 0 Å². The van der Waals surface area contributed by atoms with Gasteiger partial charge in [-0.25, -0.2) is 0 Å².